The van der Waals surface area contributed by atoms with Gasteiger partial charge >= 0.3 is 5.97 Å². The maximum Gasteiger partial charge on any atom is 0.374 e. The summed E-state index contributed by atoms with van der Waals surface area (Å²) in [5, 5.41) is 8.87. The van der Waals surface area contributed by atoms with Gasteiger partial charge in [-0.15, -0.1) is 10.2 Å². The molecule has 0 aliphatic heterocycles. The number of carbonyl (C=O) groups excluding carboxylic acids is 1. The molecule has 3 aromatic heterocycles. The lowest BCUT2D eigenvalue weighted by atomic mass is 10.2. The smallest absolute Gasteiger partial charge is 0.374 e. The van der Waals surface area contributed by atoms with E-state index in [1.165, 1.54) is 6.26 Å². The summed E-state index contributed by atoms with van der Waals surface area (Å²) in [4.78, 5) is 12.1. The number of nitrogens with zero attached hydrogens (tertiary/aromatic N) is 2. The molecule has 4 rings (SSSR count). The van der Waals surface area contributed by atoms with Crippen LogP contribution < -0.4 is 0 Å². The Bertz CT molecular complexity index is 1000. The summed E-state index contributed by atoms with van der Waals surface area (Å²) in [6.07, 6.45) is 1.49. The van der Waals surface area contributed by atoms with Crippen LogP contribution in [0.25, 0.3) is 22.6 Å². The van der Waals surface area contributed by atoms with E-state index in [0.717, 1.165) is 0 Å². The van der Waals surface area contributed by atoms with Crippen LogP contribution in [0.15, 0.2) is 55.9 Å². The summed E-state index contributed by atoms with van der Waals surface area (Å²) in [7, 11) is 0. The summed E-state index contributed by atoms with van der Waals surface area (Å²) >= 11 is 5.90. The van der Waals surface area contributed by atoms with Gasteiger partial charge in [0, 0.05) is 10.4 Å². The Kier molecular flexibility index (Phi) is 3.55. The average Bonchev–Trinajstić information content (AvgIpc) is 3.30. The molecule has 120 valence electrons. The molecule has 0 saturated carbocycles. The van der Waals surface area contributed by atoms with Gasteiger partial charge in [0.25, 0.3) is 11.8 Å². The number of hydrogen-bond acceptors (Lipinski definition) is 7. The fourth-order valence-electron chi connectivity index (χ4n) is 2.12. The molecule has 4 aromatic rings. The van der Waals surface area contributed by atoms with Crippen LogP contribution in [0.2, 0.25) is 5.02 Å². The molecule has 7 nitrogen and oxygen atoms in total. The zero-order valence-electron chi connectivity index (χ0n) is 12.1. The minimum Gasteiger partial charge on any atom is -0.459 e. The maximum atomic E-state index is 12.1. The molecule has 0 radical (unpaired) electrons. The normalized spacial score (nSPS) is 11.0. The molecule has 0 saturated heterocycles. The van der Waals surface area contributed by atoms with Crippen LogP contribution in [0.1, 0.15) is 16.4 Å². The Hall–Kier alpha value is -3.06. The molecule has 0 spiro atoms. The fraction of sp³-hybridized carbons (Fsp3) is 0.0625. The Morgan fingerprint density at radius 1 is 1.17 bits per heavy atom. The first-order valence-electron chi connectivity index (χ1n) is 6.91. The van der Waals surface area contributed by atoms with Crippen molar-refractivity contribution in [3.05, 3.63) is 59.3 Å². The van der Waals surface area contributed by atoms with Crippen LogP contribution in [0.4, 0.5) is 0 Å². The summed E-state index contributed by atoms with van der Waals surface area (Å²) in [6, 6.07) is 10.0. The molecule has 0 fully saturated rings. The third-order valence-corrected chi connectivity index (χ3v) is 3.44. The highest BCUT2D eigenvalue weighted by Gasteiger charge is 2.17. The van der Waals surface area contributed by atoms with E-state index in [2.05, 4.69) is 10.2 Å². The number of fused-ring (bicyclic) bond motifs is 1. The zero-order chi connectivity index (χ0) is 16.5. The van der Waals surface area contributed by atoms with Crippen LogP contribution in [-0.4, -0.2) is 16.2 Å². The largest absolute Gasteiger partial charge is 0.459 e. The third-order valence-electron chi connectivity index (χ3n) is 3.21. The molecular weight excluding hydrogens is 336 g/mol. The summed E-state index contributed by atoms with van der Waals surface area (Å²) in [6.45, 7) is -0.176. The van der Waals surface area contributed by atoms with E-state index in [4.69, 9.17) is 29.6 Å². The van der Waals surface area contributed by atoms with Crippen LogP contribution in [0, 0.1) is 0 Å². The second kappa shape index (κ2) is 5.86. The van der Waals surface area contributed by atoms with Crippen molar-refractivity contribution in [1.82, 2.24) is 10.2 Å². The van der Waals surface area contributed by atoms with Crippen molar-refractivity contribution in [2.75, 3.05) is 0 Å². The van der Waals surface area contributed by atoms with Gasteiger partial charge in [-0.25, -0.2) is 4.79 Å². The molecule has 3 heterocycles. The molecule has 0 bridgehead atoms. The van der Waals surface area contributed by atoms with Gasteiger partial charge in [-0.05, 0) is 36.4 Å². The third kappa shape index (κ3) is 2.77. The van der Waals surface area contributed by atoms with Crippen LogP contribution in [-0.2, 0) is 11.3 Å². The topological polar surface area (TPSA) is 91.5 Å². The van der Waals surface area contributed by atoms with Crippen molar-refractivity contribution < 1.29 is 22.8 Å². The van der Waals surface area contributed by atoms with Crippen molar-refractivity contribution in [3.8, 4) is 11.7 Å². The quantitative estimate of drug-likeness (QED) is 0.515. The van der Waals surface area contributed by atoms with Gasteiger partial charge in [0.15, 0.2) is 12.4 Å². The standard InChI is InChI=1S/C16H9ClN2O5/c17-10-3-4-11-9(6-10)7-13(23-11)16(20)22-8-14-18-19-15(24-14)12-2-1-5-21-12/h1-7H,8H2. The fourth-order valence-corrected chi connectivity index (χ4v) is 2.31. The lowest BCUT2D eigenvalue weighted by molar-refractivity contribution is 0.0405. The van der Waals surface area contributed by atoms with E-state index in [1.807, 2.05) is 0 Å². The first kappa shape index (κ1) is 14.5. The molecule has 1 aromatic carbocycles. The van der Waals surface area contributed by atoms with Crippen molar-refractivity contribution >= 4 is 28.5 Å². The zero-order valence-corrected chi connectivity index (χ0v) is 12.8. The molecular formula is C16H9ClN2O5. The number of hydrogen-bond donors (Lipinski definition) is 0. The van der Waals surface area contributed by atoms with Gasteiger partial charge < -0.3 is 18.0 Å². The van der Waals surface area contributed by atoms with Gasteiger partial charge in [-0.2, -0.15) is 0 Å². The number of halogens is 1. The minimum absolute atomic E-state index is 0.0676. The van der Waals surface area contributed by atoms with E-state index in [9.17, 15) is 4.79 Å². The molecule has 0 N–H and O–H groups in total. The van der Waals surface area contributed by atoms with Crippen LogP contribution >= 0.6 is 11.6 Å². The number of furan rings is 2. The van der Waals surface area contributed by atoms with Gasteiger partial charge in [0.1, 0.15) is 5.58 Å². The van der Waals surface area contributed by atoms with Crippen LogP contribution in [0.3, 0.4) is 0 Å². The van der Waals surface area contributed by atoms with E-state index in [-0.39, 0.29) is 24.1 Å². The summed E-state index contributed by atoms with van der Waals surface area (Å²) < 4.78 is 21.0. The number of aromatic nitrogens is 2. The van der Waals surface area contributed by atoms with E-state index in [0.29, 0.717) is 21.8 Å². The second-order valence-corrected chi connectivity index (χ2v) is 5.28. The van der Waals surface area contributed by atoms with Crippen LogP contribution in [0.5, 0.6) is 0 Å². The first-order valence-corrected chi connectivity index (χ1v) is 7.29. The molecule has 8 heteroatoms. The Balaban J connectivity index is 1.46. The number of benzene rings is 1. The first-order chi connectivity index (χ1) is 11.7. The van der Waals surface area contributed by atoms with Crippen molar-refractivity contribution in [1.29, 1.82) is 0 Å². The van der Waals surface area contributed by atoms with Gasteiger partial charge in [-0.3, -0.25) is 0 Å². The predicted molar refractivity (Wildman–Crippen MR) is 82.3 cm³/mol. The lowest BCUT2D eigenvalue weighted by Gasteiger charge is -1.97. The van der Waals surface area contributed by atoms with Crippen molar-refractivity contribution in [3.63, 3.8) is 0 Å². The van der Waals surface area contributed by atoms with E-state index >= 15 is 0 Å². The molecule has 0 aliphatic rings. The Morgan fingerprint density at radius 3 is 2.92 bits per heavy atom. The van der Waals surface area contributed by atoms with Crippen molar-refractivity contribution in [2.45, 2.75) is 6.61 Å². The summed E-state index contributed by atoms with van der Waals surface area (Å²) in [5.41, 5.74) is 0.546. The SMILES string of the molecule is O=C(OCc1nnc(-c2ccco2)o1)c1cc2cc(Cl)ccc2o1. The predicted octanol–water partition coefficient (Wildman–Crippen LogP) is 4.09. The monoisotopic (exact) mass is 344 g/mol. The average molecular weight is 345 g/mol. The number of esters is 1. The lowest BCUT2D eigenvalue weighted by Crippen LogP contribution is -2.04. The van der Waals surface area contributed by atoms with Gasteiger partial charge in [-0.1, -0.05) is 11.6 Å². The highest BCUT2D eigenvalue weighted by atomic mass is 35.5. The molecule has 0 unspecified atom stereocenters. The van der Waals surface area contributed by atoms with Gasteiger partial charge in [0.05, 0.1) is 6.26 Å². The van der Waals surface area contributed by atoms with E-state index in [1.54, 1.807) is 36.4 Å². The highest BCUT2D eigenvalue weighted by Crippen LogP contribution is 2.24. The van der Waals surface area contributed by atoms with Gasteiger partial charge in [0.2, 0.25) is 5.76 Å². The minimum atomic E-state index is -0.639. The Labute approximate surface area is 139 Å². The molecule has 0 atom stereocenters. The Morgan fingerprint density at radius 2 is 2.08 bits per heavy atom. The molecule has 0 amide bonds. The number of ether oxygens (including phenoxy) is 1. The number of carbonyl (C=O) groups is 1. The van der Waals surface area contributed by atoms with Crippen molar-refractivity contribution in [2.24, 2.45) is 0 Å². The number of rotatable bonds is 4. The second-order valence-electron chi connectivity index (χ2n) is 4.85. The summed E-state index contributed by atoms with van der Waals surface area (Å²) in [5.74, 6) is 0.227. The molecule has 24 heavy (non-hydrogen) atoms. The highest BCUT2D eigenvalue weighted by molar-refractivity contribution is 6.31. The molecule has 0 aliphatic carbocycles. The maximum absolute atomic E-state index is 12.1. The van der Waals surface area contributed by atoms with E-state index < -0.39 is 5.97 Å².